The van der Waals surface area contributed by atoms with Crippen molar-refractivity contribution >= 4 is 17.3 Å². The molecule has 1 atom stereocenters. The van der Waals surface area contributed by atoms with Crippen molar-refractivity contribution in [3.63, 3.8) is 0 Å². The number of hydrogen-bond donors (Lipinski definition) is 0. The number of allylic oxidation sites excluding steroid dienone is 2. The fraction of sp³-hybridized carbons (Fsp3) is 0.250. The van der Waals surface area contributed by atoms with Gasteiger partial charge in [-0.25, -0.2) is 9.97 Å². The molecule has 16 heavy (non-hydrogen) atoms. The summed E-state index contributed by atoms with van der Waals surface area (Å²) in [5.41, 5.74) is 1.82. The molecule has 0 N–H and O–H groups in total. The molecule has 0 fully saturated rings. The van der Waals surface area contributed by atoms with Crippen molar-refractivity contribution in [3.8, 4) is 0 Å². The van der Waals surface area contributed by atoms with Gasteiger partial charge in [0, 0.05) is 17.8 Å². The van der Waals surface area contributed by atoms with Crippen LogP contribution < -0.4 is 0 Å². The van der Waals surface area contributed by atoms with E-state index in [4.69, 9.17) is 0 Å². The lowest BCUT2D eigenvalue weighted by Crippen LogP contribution is -2.02. The molecule has 1 aliphatic rings. The maximum Gasteiger partial charge on any atom is 0.145 e. The minimum absolute atomic E-state index is 0.257. The summed E-state index contributed by atoms with van der Waals surface area (Å²) in [4.78, 5) is 18.9. The molecule has 0 spiro atoms. The fourth-order valence-electron chi connectivity index (χ4n) is 2.21. The van der Waals surface area contributed by atoms with E-state index >= 15 is 0 Å². The Morgan fingerprint density at radius 1 is 1.50 bits per heavy atom. The lowest BCUT2D eigenvalue weighted by Gasteiger charge is -2.10. The zero-order chi connectivity index (χ0) is 11.0. The highest BCUT2D eigenvalue weighted by Crippen LogP contribution is 2.29. The average Bonchev–Trinajstić information content (AvgIpc) is 2.94. The normalized spacial score (nSPS) is 20.0. The Bertz CT molecular complexity index is 570. The highest BCUT2D eigenvalue weighted by atomic mass is 16.1. The van der Waals surface area contributed by atoms with Gasteiger partial charge >= 0.3 is 0 Å². The van der Waals surface area contributed by atoms with Crippen LogP contribution in [0.4, 0.5) is 0 Å². The second kappa shape index (κ2) is 3.56. The van der Waals surface area contributed by atoms with Crippen LogP contribution in [0.5, 0.6) is 0 Å². The Morgan fingerprint density at radius 2 is 2.44 bits per heavy atom. The number of carbonyl (C=O) groups excluding carboxylic acids is 1. The van der Waals surface area contributed by atoms with E-state index in [-0.39, 0.29) is 6.04 Å². The molecule has 0 bridgehead atoms. The van der Waals surface area contributed by atoms with Gasteiger partial charge in [0.1, 0.15) is 18.3 Å². The van der Waals surface area contributed by atoms with E-state index in [0.717, 1.165) is 35.7 Å². The van der Waals surface area contributed by atoms with Gasteiger partial charge in [0.2, 0.25) is 0 Å². The van der Waals surface area contributed by atoms with Crippen LogP contribution in [0.25, 0.3) is 11.0 Å². The number of hydrogen-bond acceptors (Lipinski definition) is 3. The topological polar surface area (TPSA) is 47.8 Å². The first-order valence-electron chi connectivity index (χ1n) is 5.31. The molecule has 0 aromatic carbocycles. The first-order valence-corrected chi connectivity index (χ1v) is 5.31. The van der Waals surface area contributed by atoms with Gasteiger partial charge in [-0.3, -0.25) is 4.79 Å². The molecule has 2 aromatic rings. The zero-order valence-electron chi connectivity index (χ0n) is 8.71. The Labute approximate surface area is 92.6 Å². The van der Waals surface area contributed by atoms with Crippen LogP contribution in [-0.2, 0) is 4.79 Å². The van der Waals surface area contributed by atoms with E-state index in [1.807, 2.05) is 18.3 Å². The summed E-state index contributed by atoms with van der Waals surface area (Å²) in [6.45, 7) is 0. The summed E-state index contributed by atoms with van der Waals surface area (Å²) in [6, 6.07) is 2.26. The monoisotopic (exact) mass is 213 g/mol. The SMILES string of the molecule is O=CC1=CC(n2ccc3cncnc32)CC1. The Hall–Kier alpha value is -1.97. The maximum atomic E-state index is 10.7. The van der Waals surface area contributed by atoms with Crippen LogP contribution in [0, 0.1) is 0 Å². The lowest BCUT2D eigenvalue weighted by atomic mass is 10.2. The smallest absolute Gasteiger partial charge is 0.145 e. The summed E-state index contributed by atoms with van der Waals surface area (Å²) >= 11 is 0. The average molecular weight is 213 g/mol. The molecular formula is C12H11N3O. The van der Waals surface area contributed by atoms with Crippen molar-refractivity contribution in [1.82, 2.24) is 14.5 Å². The highest BCUT2D eigenvalue weighted by molar-refractivity contribution is 5.76. The molecule has 0 amide bonds. The van der Waals surface area contributed by atoms with Crippen molar-refractivity contribution in [2.75, 3.05) is 0 Å². The summed E-state index contributed by atoms with van der Waals surface area (Å²) in [5, 5.41) is 1.04. The van der Waals surface area contributed by atoms with E-state index in [0.29, 0.717) is 0 Å². The molecule has 3 rings (SSSR count). The second-order valence-electron chi connectivity index (χ2n) is 3.99. The van der Waals surface area contributed by atoms with Crippen LogP contribution >= 0.6 is 0 Å². The van der Waals surface area contributed by atoms with Crippen molar-refractivity contribution in [3.05, 3.63) is 36.4 Å². The number of carbonyl (C=O) groups is 1. The van der Waals surface area contributed by atoms with Gasteiger partial charge in [-0.2, -0.15) is 0 Å². The van der Waals surface area contributed by atoms with Crippen molar-refractivity contribution in [2.45, 2.75) is 18.9 Å². The molecule has 80 valence electrons. The summed E-state index contributed by atoms with van der Waals surface area (Å²) in [5.74, 6) is 0. The molecule has 0 saturated carbocycles. The van der Waals surface area contributed by atoms with Crippen LogP contribution in [0.2, 0.25) is 0 Å². The van der Waals surface area contributed by atoms with Crippen LogP contribution in [0.15, 0.2) is 36.4 Å². The molecule has 0 radical (unpaired) electrons. The van der Waals surface area contributed by atoms with Crippen molar-refractivity contribution < 1.29 is 4.79 Å². The minimum atomic E-state index is 0.257. The minimum Gasteiger partial charge on any atom is -0.325 e. The molecule has 2 heterocycles. The first-order chi connectivity index (χ1) is 7.88. The first kappa shape index (κ1) is 9.27. The Morgan fingerprint density at radius 3 is 3.25 bits per heavy atom. The summed E-state index contributed by atoms with van der Waals surface area (Å²) < 4.78 is 2.10. The fourth-order valence-corrected chi connectivity index (χ4v) is 2.21. The third kappa shape index (κ3) is 1.34. The van der Waals surface area contributed by atoms with Crippen LogP contribution in [0.1, 0.15) is 18.9 Å². The van der Waals surface area contributed by atoms with E-state index in [1.54, 1.807) is 12.5 Å². The van der Waals surface area contributed by atoms with Crippen LogP contribution in [0.3, 0.4) is 0 Å². The van der Waals surface area contributed by atoms with E-state index in [9.17, 15) is 4.79 Å². The summed E-state index contributed by atoms with van der Waals surface area (Å²) in [6.07, 6.45) is 10.2. The quantitative estimate of drug-likeness (QED) is 0.716. The number of nitrogens with zero attached hydrogens (tertiary/aromatic N) is 3. The standard InChI is InChI=1S/C12H11N3O/c16-7-9-1-2-11(5-9)15-4-3-10-6-13-8-14-12(10)15/h3-8,11H,1-2H2. The predicted octanol–water partition coefficient (Wildman–Crippen LogP) is 1.89. The van der Waals surface area contributed by atoms with Crippen LogP contribution in [-0.4, -0.2) is 20.8 Å². The van der Waals surface area contributed by atoms with E-state index in [2.05, 4.69) is 14.5 Å². The summed E-state index contributed by atoms with van der Waals surface area (Å²) in [7, 11) is 0. The Kier molecular flexibility index (Phi) is 2.06. The second-order valence-corrected chi connectivity index (χ2v) is 3.99. The molecule has 2 aromatic heterocycles. The van der Waals surface area contributed by atoms with Gasteiger partial charge in [-0.15, -0.1) is 0 Å². The molecular weight excluding hydrogens is 202 g/mol. The third-order valence-electron chi connectivity index (χ3n) is 3.02. The molecule has 0 aliphatic heterocycles. The van der Waals surface area contributed by atoms with E-state index < -0.39 is 0 Å². The van der Waals surface area contributed by atoms with Gasteiger partial charge in [-0.1, -0.05) is 6.08 Å². The van der Waals surface area contributed by atoms with Gasteiger partial charge in [0.25, 0.3) is 0 Å². The largest absolute Gasteiger partial charge is 0.325 e. The van der Waals surface area contributed by atoms with Crippen molar-refractivity contribution in [2.24, 2.45) is 0 Å². The van der Waals surface area contributed by atoms with Gasteiger partial charge < -0.3 is 4.57 Å². The number of fused-ring (bicyclic) bond motifs is 1. The van der Waals surface area contributed by atoms with E-state index in [1.165, 1.54) is 0 Å². The van der Waals surface area contributed by atoms with Gasteiger partial charge in [-0.05, 0) is 24.5 Å². The number of aromatic nitrogens is 3. The predicted molar refractivity (Wildman–Crippen MR) is 59.9 cm³/mol. The molecule has 0 saturated heterocycles. The maximum absolute atomic E-state index is 10.7. The molecule has 4 heteroatoms. The lowest BCUT2D eigenvalue weighted by molar-refractivity contribution is -0.105. The van der Waals surface area contributed by atoms with Crippen molar-refractivity contribution in [1.29, 1.82) is 0 Å². The zero-order valence-corrected chi connectivity index (χ0v) is 8.71. The highest BCUT2D eigenvalue weighted by Gasteiger charge is 2.18. The molecule has 4 nitrogen and oxygen atoms in total. The number of rotatable bonds is 2. The molecule has 1 aliphatic carbocycles. The van der Waals surface area contributed by atoms with Gasteiger partial charge in [0.15, 0.2) is 0 Å². The van der Waals surface area contributed by atoms with Gasteiger partial charge in [0.05, 0.1) is 6.04 Å². The molecule has 1 unspecified atom stereocenters. The third-order valence-corrected chi connectivity index (χ3v) is 3.02. The Balaban J connectivity index is 2.07. The number of aldehydes is 1.